The number of benzene rings is 2. The first-order valence-corrected chi connectivity index (χ1v) is 17.5. The van der Waals surface area contributed by atoms with E-state index in [1.165, 1.54) is 0 Å². The lowest BCUT2D eigenvalue weighted by molar-refractivity contribution is -0.155. The van der Waals surface area contributed by atoms with Gasteiger partial charge >= 0.3 is 0 Å². The lowest BCUT2D eigenvalue weighted by Crippen LogP contribution is -2.60. The third-order valence-electron chi connectivity index (χ3n) is 11.3. The number of hydrogen-bond acceptors (Lipinski definition) is 7. The molecule has 4 aliphatic heterocycles. The highest BCUT2D eigenvalue weighted by Crippen LogP contribution is 2.66. The molecule has 0 aliphatic carbocycles. The third-order valence-corrected chi connectivity index (χ3v) is 11.3. The van der Waals surface area contributed by atoms with E-state index in [0.29, 0.717) is 51.4 Å². The van der Waals surface area contributed by atoms with Crippen LogP contribution in [0.4, 0.5) is 5.69 Å². The molecule has 4 heterocycles. The van der Waals surface area contributed by atoms with Crippen molar-refractivity contribution in [2.75, 3.05) is 64.0 Å². The molecule has 0 aromatic heterocycles. The predicted octanol–water partition coefficient (Wildman–Crippen LogP) is 3.17. The van der Waals surface area contributed by atoms with Crippen molar-refractivity contribution in [3.05, 3.63) is 91.5 Å². The minimum absolute atomic E-state index is 0.120. The van der Waals surface area contributed by atoms with Crippen LogP contribution in [0.15, 0.2) is 86.0 Å². The van der Waals surface area contributed by atoms with Gasteiger partial charge in [0.1, 0.15) is 11.6 Å². The van der Waals surface area contributed by atoms with Gasteiger partial charge in [0, 0.05) is 45.0 Å². The van der Waals surface area contributed by atoms with Gasteiger partial charge in [-0.1, -0.05) is 67.6 Å². The number of carbonyl (C=O) groups is 3. The SMILES string of the molecule is C=CCN(CCN1CCOCC1)C(=O)C1N([C@@H](CO)Cc2ccccc2)C(=O)[C@@H]2[C@H](C(=O)N(CC=C)c3ccccc3)[C@@]3(C)OC12CC3C. The Labute approximate surface area is 289 Å². The first-order chi connectivity index (χ1) is 23.7. The van der Waals surface area contributed by atoms with Gasteiger partial charge < -0.3 is 29.3 Å². The Morgan fingerprint density at radius 1 is 1.02 bits per heavy atom. The van der Waals surface area contributed by atoms with Crippen LogP contribution in [0.5, 0.6) is 0 Å². The molecule has 0 saturated carbocycles. The van der Waals surface area contributed by atoms with Crippen LogP contribution in [0.1, 0.15) is 25.8 Å². The Morgan fingerprint density at radius 2 is 1.67 bits per heavy atom. The van der Waals surface area contributed by atoms with E-state index in [4.69, 9.17) is 9.47 Å². The second-order valence-corrected chi connectivity index (χ2v) is 14.1. The summed E-state index contributed by atoms with van der Waals surface area (Å²) in [7, 11) is 0. The Morgan fingerprint density at radius 3 is 2.31 bits per heavy atom. The monoisotopic (exact) mass is 670 g/mol. The number of aliphatic hydroxyl groups is 1. The molecule has 49 heavy (non-hydrogen) atoms. The summed E-state index contributed by atoms with van der Waals surface area (Å²) in [6.07, 6.45) is 4.18. The summed E-state index contributed by atoms with van der Waals surface area (Å²) in [5.74, 6) is -2.66. The Balaban J connectivity index is 1.42. The number of aliphatic hydroxyl groups excluding tert-OH is 1. The van der Waals surface area contributed by atoms with Crippen molar-refractivity contribution in [2.45, 2.75) is 50.0 Å². The smallest absolute Gasteiger partial charge is 0.248 e. The van der Waals surface area contributed by atoms with Crippen LogP contribution in [0.3, 0.4) is 0 Å². The predicted molar refractivity (Wildman–Crippen MR) is 188 cm³/mol. The molecular weight excluding hydrogens is 620 g/mol. The zero-order chi connectivity index (χ0) is 34.8. The number of nitrogens with zero attached hydrogens (tertiary/aromatic N) is 4. The number of carbonyl (C=O) groups excluding carboxylic acids is 3. The molecule has 1 N–H and O–H groups in total. The van der Waals surface area contributed by atoms with Crippen molar-refractivity contribution in [3.8, 4) is 0 Å². The maximum Gasteiger partial charge on any atom is 0.248 e. The van der Waals surface area contributed by atoms with Crippen molar-refractivity contribution >= 4 is 23.4 Å². The van der Waals surface area contributed by atoms with Gasteiger partial charge in [-0.2, -0.15) is 0 Å². The summed E-state index contributed by atoms with van der Waals surface area (Å²) in [6.45, 7) is 16.0. The molecule has 2 aromatic rings. The van der Waals surface area contributed by atoms with Gasteiger partial charge in [-0.25, -0.2) is 0 Å². The molecule has 10 heteroatoms. The summed E-state index contributed by atoms with van der Waals surface area (Å²) < 4.78 is 12.6. The van der Waals surface area contributed by atoms with Crippen LogP contribution in [0.2, 0.25) is 0 Å². The average Bonchev–Trinajstić information content (AvgIpc) is 3.64. The largest absolute Gasteiger partial charge is 0.394 e. The second kappa shape index (κ2) is 14.6. The van der Waals surface area contributed by atoms with Crippen LogP contribution < -0.4 is 4.90 Å². The number of rotatable bonds is 14. The minimum atomic E-state index is -1.25. The van der Waals surface area contributed by atoms with Crippen LogP contribution in [-0.4, -0.2) is 120 Å². The van der Waals surface area contributed by atoms with Crippen LogP contribution in [-0.2, 0) is 30.3 Å². The number of likely N-dealkylation sites (tertiary alicyclic amines) is 1. The number of hydrogen-bond donors (Lipinski definition) is 1. The summed E-state index contributed by atoms with van der Waals surface area (Å²) in [5.41, 5.74) is -0.596. The normalized spacial score (nSPS) is 29.8. The van der Waals surface area contributed by atoms with Crippen molar-refractivity contribution in [1.29, 1.82) is 0 Å². The van der Waals surface area contributed by atoms with Crippen molar-refractivity contribution in [2.24, 2.45) is 17.8 Å². The van der Waals surface area contributed by atoms with Gasteiger partial charge in [-0.15, -0.1) is 13.2 Å². The van der Waals surface area contributed by atoms with E-state index in [2.05, 4.69) is 18.1 Å². The lowest BCUT2D eigenvalue weighted by Gasteiger charge is -2.40. The summed E-state index contributed by atoms with van der Waals surface area (Å²) in [5, 5.41) is 10.9. The highest BCUT2D eigenvalue weighted by Gasteiger charge is 2.80. The summed E-state index contributed by atoms with van der Waals surface area (Å²) in [4.78, 5) is 52.3. The number of ether oxygens (including phenoxy) is 2. The molecule has 262 valence electrons. The second-order valence-electron chi connectivity index (χ2n) is 14.1. The third kappa shape index (κ3) is 6.24. The van der Waals surface area contributed by atoms with Crippen LogP contribution in [0.25, 0.3) is 0 Å². The maximum atomic E-state index is 15.1. The molecular formula is C39H50N4O6. The van der Waals surface area contributed by atoms with Gasteiger partial charge in [0.15, 0.2) is 0 Å². The molecule has 7 atom stereocenters. The average molecular weight is 671 g/mol. The molecule has 2 aromatic carbocycles. The zero-order valence-corrected chi connectivity index (χ0v) is 28.8. The molecule has 4 saturated heterocycles. The fourth-order valence-corrected chi connectivity index (χ4v) is 8.80. The highest BCUT2D eigenvalue weighted by molar-refractivity contribution is 6.03. The van der Waals surface area contributed by atoms with Crippen LogP contribution in [0, 0.1) is 17.8 Å². The fourth-order valence-electron chi connectivity index (χ4n) is 8.80. The fraction of sp³-hybridized carbons (Fsp3) is 0.513. The minimum Gasteiger partial charge on any atom is -0.394 e. The van der Waals surface area contributed by atoms with E-state index in [0.717, 1.165) is 18.7 Å². The molecule has 4 aliphatic rings. The van der Waals surface area contributed by atoms with Gasteiger partial charge in [-0.05, 0) is 43.4 Å². The van der Waals surface area contributed by atoms with E-state index in [1.54, 1.807) is 26.9 Å². The summed E-state index contributed by atoms with van der Waals surface area (Å²) in [6, 6.07) is 17.3. The first-order valence-electron chi connectivity index (χ1n) is 17.5. The summed E-state index contributed by atoms with van der Waals surface area (Å²) >= 11 is 0. The number of amides is 3. The molecule has 3 unspecified atom stereocenters. The molecule has 10 nitrogen and oxygen atoms in total. The lowest BCUT2D eigenvalue weighted by atomic mass is 9.62. The molecule has 2 bridgehead atoms. The number of fused-ring (bicyclic) bond motifs is 1. The van der Waals surface area contributed by atoms with Gasteiger partial charge in [0.2, 0.25) is 17.7 Å². The van der Waals surface area contributed by atoms with Crippen molar-refractivity contribution in [1.82, 2.24) is 14.7 Å². The van der Waals surface area contributed by atoms with E-state index in [9.17, 15) is 9.90 Å². The molecule has 0 radical (unpaired) electrons. The van der Waals surface area contributed by atoms with Gasteiger partial charge in [-0.3, -0.25) is 19.3 Å². The van der Waals surface area contributed by atoms with E-state index in [-0.39, 0.29) is 36.8 Å². The Kier molecular flexibility index (Phi) is 10.4. The number of anilines is 1. The van der Waals surface area contributed by atoms with E-state index >= 15 is 9.59 Å². The maximum absolute atomic E-state index is 15.1. The standard InChI is InChI=1S/C39H50N4O6/c1-5-17-41(20-19-40-21-23-48-24-22-40)37(47)34-39-26-28(3)38(4,49-39)32(35(45)42(18-6-2)30-15-11-8-12-16-30)33(39)36(46)43(34)31(27-44)25-29-13-9-7-10-14-29/h5-16,28,31-34,44H,1-2,17-27H2,3-4H3/t28?,31-,32-,33+,34?,38+,39?/m1/s1. The molecule has 6 rings (SSSR count). The van der Waals surface area contributed by atoms with E-state index < -0.39 is 35.1 Å². The van der Waals surface area contributed by atoms with Crippen molar-refractivity contribution < 1.29 is 29.0 Å². The van der Waals surface area contributed by atoms with Crippen molar-refractivity contribution in [3.63, 3.8) is 0 Å². The number of para-hydroxylation sites is 1. The molecule has 4 fully saturated rings. The quantitative estimate of drug-likeness (QED) is 0.308. The van der Waals surface area contributed by atoms with Gasteiger partial charge in [0.05, 0.1) is 43.3 Å². The Hall–Kier alpha value is -3.83. The van der Waals surface area contributed by atoms with Gasteiger partial charge in [0.25, 0.3) is 0 Å². The highest BCUT2D eigenvalue weighted by atomic mass is 16.5. The molecule has 3 amide bonds. The zero-order valence-electron chi connectivity index (χ0n) is 28.8. The molecule has 1 spiro atoms. The number of morpholine rings is 1. The Bertz CT molecular complexity index is 1520. The van der Waals surface area contributed by atoms with E-state index in [1.807, 2.05) is 74.5 Å². The topological polar surface area (TPSA) is 103 Å². The first kappa shape index (κ1) is 35.0. The van der Waals surface area contributed by atoms with Crippen LogP contribution >= 0.6 is 0 Å².